The van der Waals surface area contributed by atoms with E-state index >= 15 is 0 Å². The standard InChI is InChI=1S/C28H25ClFN3O2/c1-17-5-4-6-19(11-17)14-33(15-20-8-7-18(2)12-24(20)30)28(34)26-23-16-35-25-10-9-21(29)13-22(25)27(23)32(3)31-26/h4-13H,14-16H2,1-3H3. The first-order valence-corrected chi connectivity index (χ1v) is 11.8. The third kappa shape index (κ3) is 4.54. The lowest BCUT2D eigenvalue weighted by Crippen LogP contribution is -2.32. The summed E-state index contributed by atoms with van der Waals surface area (Å²) in [6, 6.07) is 18.4. The van der Waals surface area contributed by atoms with Crippen molar-refractivity contribution in [1.29, 1.82) is 0 Å². The molecule has 1 aliphatic rings. The van der Waals surface area contributed by atoms with Crippen LogP contribution in [0, 0.1) is 19.7 Å². The van der Waals surface area contributed by atoms with E-state index in [1.165, 1.54) is 6.07 Å². The first-order valence-electron chi connectivity index (χ1n) is 11.4. The molecular weight excluding hydrogens is 465 g/mol. The Balaban J connectivity index is 1.55. The highest BCUT2D eigenvalue weighted by atomic mass is 35.5. The molecule has 0 radical (unpaired) electrons. The molecule has 4 aromatic rings. The number of ether oxygens (including phenoxy) is 1. The second-order valence-electron chi connectivity index (χ2n) is 8.97. The minimum Gasteiger partial charge on any atom is -0.488 e. The van der Waals surface area contributed by atoms with Gasteiger partial charge in [0, 0.05) is 41.9 Å². The Kier molecular flexibility index (Phi) is 6.07. The molecule has 0 fully saturated rings. The predicted molar refractivity (Wildman–Crippen MR) is 134 cm³/mol. The first kappa shape index (κ1) is 23.1. The van der Waals surface area contributed by atoms with Crippen molar-refractivity contribution in [3.63, 3.8) is 0 Å². The molecule has 1 amide bonds. The third-order valence-electron chi connectivity index (χ3n) is 6.23. The number of halogens is 2. The highest BCUT2D eigenvalue weighted by Gasteiger charge is 2.31. The van der Waals surface area contributed by atoms with Gasteiger partial charge < -0.3 is 9.64 Å². The maximum Gasteiger partial charge on any atom is 0.275 e. The van der Waals surface area contributed by atoms with Crippen LogP contribution in [0.4, 0.5) is 4.39 Å². The molecule has 0 unspecified atom stereocenters. The maximum atomic E-state index is 14.8. The minimum absolute atomic E-state index is 0.119. The molecule has 2 heterocycles. The molecule has 0 atom stereocenters. The SMILES string of the molecule is Cc1cccc(CN(Cc2ccc(C)cc2F)C(=O)c2nn(C)c3c2COc2ccc(Cl)cc2-3)c1. The summed E-state index contributed by atoms with van der Waals surface area (Å²) in [5.41, 5.74) is 5.93. The van der Waals surface area contributed by atoms with E-state index < -0.39 is 0 Å². The minimum atomic E-state index is -0.331. The molecule has 1 aromatic heterocycles. The number of carbonyl (C=O) groups is 1. The van der Waals surface area contributed by atoms with Crippen molar-refractivity contribution in [2.45, 2.75) is 33.5 Å². The lowest BCUT2D eigenvalue weighted by molar-refractivity contribution is 0.0718. The van der Waals surface area contributed by atoms with Crippen LogP contribution >= 0.6 is 11.6 Å². The van der Waals surface area contributed by atoms with Crippen molar-refractivity contribution >= 4 is 17.5 Å². The van der Waals surface area contributed by atoms with E-state index in [0.29, 0.717) is 34.1 Å². The van der Waals surface area contributed by atoms with Crippen LogP contribution in [-0.4, -0.2) is 20.6 Å². The summed E-state index contributed by atoms with van der Waals surface area (Å²) in [5.74, 6) is 0.0849. The Morgan fingerprint density at radius 3 is 2.66 bits per heavy atom. The quantitative estimate of drug-likeness (QED) is 0.334. The van der Waals surface area contributed by atoms with Crippen LogP contribution in [0.15, 0.2) is 60.7 Å². The fourth-order valence-corrected chi connectivity index (χ4v) is 4.71. The largest absolute Gasteiger partial charge is 0.488 e. The molecule has 1 aliphatic heterocycles. The number of carbonyl (C=O) groups excluding carboxylic acids is 1. The highest BCUT2D eigenvalue weighted by molar-refractivity contribution is 6.31. The van der Waals surface area contributed by atoms with Gasteiger partial charge >= 0.3 is 0 Å². The number of benzene rings is 3. The first-order chi connectivity index (χ1) is 16.8. The van der Waals surface area contributed by atoms with Gasteiger partial charge in [0.2, 0.25) is 0 Å². The lowest BCUT2D eigenvalue weighted by Gasteiger charge is -2.24. The summed E-state index contributed by atoms with van der Waals surface area (Å²) < 4.78 is 22.4. The summed E-state index contributed by atoms with van der Waals surface area (Å²) in [7, 11) is 1.80. The second-order valence-corrected chi connectivity index (χ2v) is 9.41. The lowest BCUT2D eigenvalue weighted by atomic mass is 10.0. The predicted octanol–water partition coefficient (Wildman–Crippen LogP) is 6.23. The zero-order valence-electron chi connectivity index (χ0n) is 19.8. The van der Waals surface area contributed by atoms with Gasteiger partial charge in [-0.1, -0.05) is 53.6 Å². The van der Waals surface area contributed by atoms with Gasteiger partial charge in [-0.15, -0.1) is 0 Å². The van der Waals surface area contributed by atoms with E-state index in [1.807, 2.05) is 56.3 Å². The Bertz CT molecular complexity index is 1450. The molecule has 0 saturated carbocycles. The van der Waals surface area contributed by atoms with Gasteiger partial charge in [-0.05, 0) is 49.2 Å². The van der Waals surface area contributed by atoms with E-state index in [4.69, 9.17) is 16.3 Å². The number of nitrogens with zero attached hydrogens (tertiary/aromatic N) is 3. The Labute approximate surface area is 208 Å². The van der Waals surface area contributed by atoms with Crippen LogP contribution < -0.4 is 4.74 Å². The Morgan fingerprint density at radius 2 is 1.89 bits per heavy atom. The van der Waals surface area contributed by atoms with E-state index in [-0.39, 0.29) is 24.9 Å². The molecule has 35 heavy (non-hydrogen) atoms. The van der Waals surface area contributed by atoms with Crippen LogP contribution in [-0.2, 0) is 26.7 Å². The second kappa shape index (κ2) is 9.19. The smallest absolute Gasteiger partial charge is 0.275 e. The molecule has 5 nitrogen and oxygen atoms in total. The zero-order chi connectivity index (χ0) is 24.7. The Morgan fingerprint density at radius 1 is 1.09 bits per heavy atom. The Hall–Kier alpha value is -3.64. The van der Waals surface area contributed by atoms with Crippen molar-refractivity contribution in [1.82, 2.24) is 14.7 Å². The topological polar surface area (TPSA) is 47.4 Å². The van der Waals surface area contributed by atoms with Gasteiger partial charge in [-0.2, -0.15) is 5.10 Å². The number of aromatic nitrogens is 2. The number of fused-ring (bicyclic) bond motifs is 3. The summed E-state index contributed by atoms with van der Waals surface area (Å²) in [6.07, 6.45) is 0. The molecule has 0 spiro atoms. The summed E-state index contributed by atoms with van der Waals surface area (Å²) >= 11 is 6.24. The molecule has 0 saturated heterocycles. The van der Waals surface area contributed by atoms with Gasteiger partial charge in [-0.3, -0.25) is 9.48 Å². The number of amides is 1. The van der Waals surface area contributed by atoms with Gasteiger partial charge in [0.05, 0.1) is 5.69 Å². The van der Waals surface area contributed by atoms with Gasteiger partial charge in [0.25, 0.3) is 5.91 Å². The number of hydrogen-bond acceptors (Lipinski definition) is 3. The number of rotatable bonds is 5. The monoisotopic (exact) mass is 489 g/mol. The van der Waals surface area contributed by atoms with E-state index in [2.05, 4.69) is 5.10 Å². The molecule has 5 rings (SSSR count). The molecule has 3 aromatic carbocycles. The zero-order valence-corrected chi connectivity index (χ0v) is 20.6. The normalized spacial score (nSPS) is 12.0. The summed E-state index contributed by atoms with van der Waals surface area (Å²) in [4.78, 5) is 15.6. The van der Waals surface area contributed by atoms with Gasteiger partial charge in [0.1, 0.15) is 18.2 Å². The number of aryl methyl sites for hydroxylation is 3. The van der Waals surface area contributed by atoms with Crippen molar-refractivity contribution in [2.75, 3.05) is 0 Å². The maximum absolute atomic E-state index is 14.8. The summed E-state index contributed by atoms with van der Waals surface area (Å²) in [6.45, 7) is 4.50. The van der Waals surface area contributed by atoms with Crippen LogP contribution in [0.25, 0.3) is 11.3 Å². The molecule has 178 valence electrons. The third-order valence-corrected chi connectivity index (χ3v) is 6.46. The molecule has 0 bridgehead atoms. The van der Waals surface area contributed by atoms with Crippen LogP contribution in [0.1, 0.15) is 38.3 Å². The van der Waals surface area contributed by atoms with Crippen LogP contribution in [0.2, 0.25) is 5.02 Å². The molecule has 0 aliphatic carbocycles. The fraction of sp³-hybridized carbons (Fsp3) is 0.214. The van der Waals surface area contributed by atoms with Crippen LogP contribution in [0.5, 0.6) is 5.75 Å². The van der Waals surface area contributed by atoms with Crippen molar-refractivity contribution in [3.8, 4) is 17.0 Å². The fourth-order valence-electron chi connectivity index (χ4n) is 4.54. The summed E-state index contributed by atoms with van der Waals surface area (Å²) in [5, 5.41) is 5.16. The van der Waals surface area contributed by atoms with E-state index in [0.717, 1.165) is 27.9 Å². The molecule has 7 heteroatoms. The van der Waals surface area contributed by atoms with Gasteiger partial charge in [-0.25, -0.2) is 4.39 Å². The molecular formula is C28H25ClFN3O2. The van der Waals surface area contributed by atoms with E-state index in [1.54, 1.807) is 28.8 Å². The van der Waals surface area contributed by atoms with Crippen molar-refractivity contribution in [3.05, 3.63) is 105 Å². The van der Waals surface area contributed by atoms with Crippen molar-refractivity contribution in [2.24, 2.45) is 7.05 Å². The highest BCUT2D eigenvalue weighted by Crippen LogP contribution is 2.40. The van der Waals surface area contributed by atoms with Crippen LogP contribution in [0.3, 0.4) is 0 Å². The van der Waals surface area contributed by atoms with Gasteiger partial charge in [0.15, 0.2) is 5.69 Å². The average Bonchev–Trinajstić information content (AvgIpc) is 3.16. The van der Waals surface area contributed by atoms with Crippen molar-refractivity contribution < 1.29 is 13.9 Å². The van der Waals surface area contributed by atoms with E-state index in [9.17, 15) is 9.18 Å². The molecule has 0 N–H and O–H groups in total. The average molecular weight is 490 g/mol. The number of hydrogen-bond donors (Lipinski definition) is 0.